The number of aliphatic imine (C=N–C) groups is 1. The van der Waals surface area contributed by atoms with E-state index in [0.29, 0.717) is 32.7 Å². The van der Waals surface area contributed by atoms with Crippen LogP contribution in [0.5, 0.6) is 0 Å². The molecule has 1 aromatic rings. The van der Waals surface area contributed by atoms with Crippen LogP contribution in [-0.2, 0) is 10.7 Å². The molecule has 0 unspecified atom stereocenters. The molecule has 0 aromatic heterocycles. The Morgan fingerprint density at radius 3 is 2.45 bits per heavy atom. The summed E-state index contributed by atoms with van der Waals surface area (Å²) in [6.07, 6.45) is 3.56. The second kappa shape index (κ2) is 11.4. The van der Waals surface area contributed by atoms with Crippen molar-refractivity contribution in [3.8, 4) is 11.2 Å². The highest BCUT2D eigenvalue weighted by molar-refractivity contribution is 14.2. The fourth-order valence-corrected chi connectivity index (χ4v) is 3.23. The van der Waals surface area contributed by atoms with Crippen molar-refractivity contribution >= 4 is 47.6 Å². The number of anilines is 1. The van der Waals surface area contributed by atoms with Gasteiger partial charge in [0, 0.05) is 77.7 Å². The molecule has 5 nitrogen and oxygen atoms in total. The maximum absolute atomic E-state index is 13.3. The molecule has 1 aromatic carbocycles. The van der Waals surface area contributed by atoms with E-state index in [9.17, 15) is 13.6 Å². The maximum atomic E-state index is 13.3. The first-order valence-corrected chi connectivity index (χ1v) is 12.4. The summed E-state index contributed by atoms with van der Waals surface area (Å²) < 4.78 is 26.7. The number of amidine groups is 1. The average Bonchev–Trinajstić information content (AvgIpc) is 2.72. The third kappa shape index (κ3) is 7.51. The second-order valence-electron chi connectivity index (χ2n) is 6.43. The van der Waals surface area contributed by atoms with Crippen molar-refractivity contribution in [1.82, 2.24) is 9.80 Å². The van der Waals surface area contributed by atoms with Gasteiger partial charge in [-0.25, -0.2) is 13.8 Å². The summed E-state index contributed by atoms with van der Waals surface area (Å²) >= 11 is 2.03. The van der Waals surface area contributed by atoms with Crippen LogP contribution in [0.15, 0.2) is 41.5 Å². The lowest BCUT2D eigenvalue weighted by atomic mass is 10.1. The first-order valence-electron chi connectivity index (χ1n) is 9.07. The number of benzene rings is 1. The zero-order valence-electron chi connectivity index (χ0n) is 16.3. The lowest BCUT2D eigenvalue weighted by Crippen LogP contribution is -2.51. The minimum Gasteiger partial charge on any atom is -0.378 e. The molecule has 1 fully saturated rings. The van der Waals surface area contributed by atoms with Gasteiger partial charge in [0.2, 0.25) is 0 Å². The number of carbonyl (C=O) groups is 1. The van der Waals surface area contributed by atoms with Crippen LogP contribution >= 0.6 is 30.1 Å². The van der Waals surface area contributed by atoms with E-state index in [4.69, 9.17) is 0 Å². The molecule has 29 heavy (non-hydrogen) atoms. The van der Waals surface area contributed by atoms with Crippen LogP contribution in [0.25, 0.3) is 0 Å². The molecule has 156 valence electrons. The van der Waals surface area contributed by atoms with Crippen molar-refractivity contribution in [3.05, 3.63) is 42.1 Å². The maximum Gasteiger partial charge on any atom is 0.299 e. The van der Waals surface area contributed by atoms with E-state index in [1.807, 2.05) is 34.2 Å². The Hall–Kier alpha value is -1.80. The van der Waals surface area contributed by atoms with Gasteiger partial charge < -0.3 is 15.1 Å². The standard InChI is InChI=1S/C20H23F2IN4OS/c1-3-9-24-18(15-25-17-6-4-16(5-7-17)20(2,21)22)26-10-12-27(13-11-26)19(28)8-14-29-23/h3-7,9,25H,10-13,15H2,1-2H3/b9-3-,24-18+. The van der Waals surface area contributed by atoms with Gasteiger partial charge >= 0.3 is 0 Å². The van der Waals surface area contributed by atoms with Crippen LogP contribution < -0.4 is 5.32 Å². The van der Waals surface area contributed by atoms with E-state index in [1.165, 1.54) is 21.1 Å². The van der Waals surface area contributed by atoms with Crippen LogP contribution in [0.3, 0.4) is 0 Å². The largest absolute Gasteiger partial charge is 0.378 e. The van der Waals surface area contributed by atoms with Gasteiger partial charge in [0.1, 0.15) is 5.84 Å². The number of hydrogen-bond donors (Lipinski definition) is 1. The Morgan fingerprint density at radius 1 is 1.28 bits per heavy atom. The number of hydrogen-bond acceptors (Lipinski definition) is 4. The highest BCUT2D eigenvalue weighted by Crippen LogP contribution is 2.27. The molecule has 9 heteroatoms. The third-order valence-corrected chi connectivity index (χ3v) is 5.18. The van der Waals surface area contributed by atoms with Crippen molar-refractivity contribution in [2.24, 2.45) is 4.99 Å². The molecule has 0 radical (unpaired) electrons. The first-order chi connectivity index (χ1) is 13.8. The van der Waals surface area contributed by atoms with Gasteiger partial charge in [-0.3, -0.25) is 4.79 Å². The van der Waals surface area contributed by atoms with Crippen LogP contribution in [-0.4, -0.2) is 54.3 Å². The predicted molar refractivity (Wildman–Crippen MR) is 124 cm³/mol. The lowest BCUT2D eigenvalue weighted by Gasteiger charge is -2.35. The molecule has 2 rings (SSSR count). The fourth-order valence-electron chi connectivity index (χ4n) is 2.77. The van der Waals surface area contributed by atoms with Gasteiger partial charge in [-0.05, 0) is 33.2 Å². The summed E-state index contributed by atoms with van der Waals surface area (Å²) in [6.45, 7) is 5.69. The summed E-state index contributed by atoms with van der Waals surface area (Å²) in [5.74, 6) is 0.423. The Bertz CT molecular complexity index is 805. The zero-order valence-corrected chi connectivity index (χ0v) is 19.3. The molecular formula is C20H23F2IN4OS. The highest BCUT2D eigenvalue weighted by Gasteiger charge is 2.24. The molecule has 1 amide bonds. The third-order valence-electron chi connectivity index (χ3n) is 4.34. The fraction of sp³-hybridized carbons (Fsp3) is 0.400. The SMILES string of the molecule is C/C=C\N=C(/CNc1ccc(C(C)(F)F)cc1)N1CCN(C(=O)C#CSI)CC1. The first kappa shape index (κ1) is 23.5. The molecule has 1 aliphatic heterocycles. The number of alkyl halides is 2. The van der Waals surface area contributed by atoms with Crippen LogP contribution in [0, 0.1) is 11.2 Å². The Morgan fingerprint density at radius 2 is 1.90 bits per heavy atom. The highest BCUT2D eigenvalue weighted by atomic mass is 127. The number of amides is 1. The van der Waals surface area contributed by atoms with E-state index in [0.717, 1.165) is 18.4 Å². The normalized spacial score (nSPS) is 15.3. The van der Waals surface area contributed by atoms with Crippen LogP contribution in [0.4, 0.5) is 14.5 Å². The summed E-state index contributed by atoms with van der Waals surface area (Å²) in [4.78, 5) is 20.4. The van der Waals surface area contributed by atoms with Crippen molar-refractivity contribution < 1.29 is 13.6 Å². The summed E-state index contributed by atoms with van der Waals surface area (Å²) in [5.41, 5.74) is 0.724. The number of carbonyl (C=O) groups excluding carboxylic acids is 1. The van der Waals surface area contributed by atoms with Crippen molar-refractivity contribution in [2.75, 3.05) is 38.0 Å². The molecule has 0 spiro atoms. The lowest BCUT2D eigenvalue weighted by molar-refractivity contribution is -0.126. The second-order valence-corrected chi connectivity index (χ2v) is 8.11. The number of allylic oxidation sites excluding steroid dienone is 1. The van der Waals surface area contributed by atoms with Gasteiger partial charge in [-0.15, -0.1) is 0 Å². The molecule has 1 saturated heterocycles. The average molecular weight is 532 g/mol. The number of piperazine rings is 1. The summed E-state index contributed by atoms with van der Waals surface area (Å²) in [7, 11) is 1.29. The molecule has 1 N–H and O–H groups in total. The number of halogens is 3. The Balaban J connectivity index is 1.98. The predicted octanol–water partition coefficient (Wildman–Crippen LogP) is 4.33. The van der Waals surface area contributed by atoms with E-state index < -0.39 is 5.92 Å². The smallest absolute Gasteiger partial charge is 0.299 e. The van der Waals surface area contributed by atoms with Gasteiger partial charge in [0.25, 0.3) is 11.8 Å². The van der Waals surface area contributed by atoms with E-state index >= 15 is 0 Å². The van der Waals surface area contributed by atoms with Crippen LogP contribution in [0.1, 0.15) is 19.4 Å². The molecule has 0 bridgehead atoms. The molecule has 0 aliphatic carbocycles. The van der Waals surface area contributed by atoms with E-state index in [2.05, 4.69) is 26.4 Å². The molecule has 0 saturated carbocycles. The van der Waals surface area contributed by atoms with E-state index in [-0.39, 0.29) is 11.5 Å². The topological polar surface area (TPSA) is 47.9 Å². The quantitative estimate of drug-likeness (QED) is 0.266. The van der Waals surface area contributed by atoms with Crippen molar-refractivity contribution in [1.29, 1.82) is 0 Å². The summed E-state index contributed by atoms with van der Waals surface area (Å²) in [5, 5.41) is 5.95. The van der Waals surface area contributed by atoms with E-state index in [1.54, 1.807) is 23.2 Å². The number of nitrogens with zero attached hydrogens (tertiary/aromatic N) is 3. The van der Waals surface area contributed by atoms with Crippen LogP contribution in [0.2, 0.25) is 0 Å². The minimum atomic E-state index is -2.85. The summed E-state index contributed by atoms with van der Waals surface area (Å²) in [6, 6.07) is 6.12. The Kier molecular flexibility index (Phi) is 9.23. The van der Waals surface area contributed by atoms with Gasteiger partial charge in [0.05, 0.1) is 6.54 Å². The van der Waals surface area contributed by atoms with Gasteiger partial charge in [0.15, 0.2) is 0 Å². The molecular weight excluding hydrogens is 509 g/mol. The molecule has 1 aliphatic rings. The molecule has 1 heterocycles. The van der Waals surface area contributed by atoms with Crippen molar-refractivity contribution in [2.45, 2.75) is 19.8 Å². The minimum absolute atomic E-state index is 0.0179. The van der Waals surface area contributed by atoms with Gasteiger partial charge in [-0.1, -0.05) is 18.2 Å². The Labute approximate surface area is 186 Å². The molecule has 0 atom stereocenters. The number of nitrogens with one attached hydrogen (secondary N) is 1. The monoisotopic (exact) mass is 532 g/mol. The zero-order chi connectivity index (χ0) is 21.3. The number of rotatable bonds is 5. The van der Waals surface area contributed by atoms with Gasteiger partial charge in [-0.2, -0.15) is 0 Å². The van der Waals surface area contributed by atoms with Crippen molar-refractivity contribution in [3.63, 3.8) is 0 Å².